The lowest BCUT2D eigenvalue weighted by atomic mass is 9.89. The Morgan fingerprint density at radius 1 is 0.725 bits per heavy atom. The van der Waals surface area contributed by atoms with Crippen LogP contribution in [-0.4, -0.2) is 11.1 Å². The summed E-state index contributed by atoms with van der Waals surface area (Å²) in [5.74, 6) is 0.133. The number of benzene rings is 2. The molecule has 3 nitrogen and oxygen atoms in total. The number of hydrogen-bond acceptors (Lipinski definition) is 3. The molecule has 0 bridgehead atoms. The SMILES string of the molecule is [3H]C(CCCCCCCCCCCCC)CC([3H])CCC(Cc1ccc(O)cc1CCCC)C(=O)Oc1ccccc1. The number of carbonyl (C=O) groups is 1. The number of hydrogen-bond donors (Lipinski definition) is 1. The van der Waals surface area contributed by atoms with E-state index in [9.17, 15) is 9.90 Å². The highest BCUT2D eigenvalue weighted by Gasteiger charge is 2.22. The first-order valence-electron chi connectivity index (χ1n) is 17.5. The molecule has 3 unspecified atom stereocenters. The van der Waals surface area contributed by atoms with Crippen molar-refractivity contribution in [3.8, 4) is 11.5 Å². The molecule has 40 heavy (non-hydrogen) atoms. The third-order valence-corrected chi connectivity index (χ3v) is 7.82. The smallest absolute Gasteiger partial charge is 0.314 e. The van der Waals surface area contributed by atoms with E-state index in [1.165, 1.54) is 64.2 Å². The largest absolute Gasteiger partial charge is 0.508 e. The topological polar surface area (TPSA) is 46.5 Å². The fourth-order valence-corrected chi connectivity index (χ4v) is 5.29. The minimum Gasteiger partial charge on any atom is -0.508 e. The Morgan fingerprint density at radius 3 is 1.98 bits per heavy atom. The van der Waals surface area contributed by atoms with E-state index in [0.717, 1.165) is 43.2 Å². The molecule has 3 atom stereocenters. The van der Waals surface area contributed by atoms with Crippen molar-refractivity contribution in [2.24, 2.45) is 5.92 Å². The van der Waals surface area contributed by atoms with Crippen molar-refractivity contribution in [2.75, 3.05) is 0 Å². The van der Waals surface area contributed by atoms with Crippen LogP contribution in [0.2, 0.25) is 0 Å². The average molecular weight is 555 g/mol. The molecule has 2 aromatic carbocycles. The van der Waals surface area contributed by atoms with E-state index in [0.29, 0.717) is 31.4 Å². The predicted octanol–water partition coefficient (Wildman–Crippen LogP) is 11.2. The molecule has 0 saturated heterocycles. The summed E-state index contributed by atoms with van der Waals surface area (Å²) in [6, 6.07) is 14.6. The van der Waals surface area contributed by atoms with Crippen LogP contribution in [-0.2, 0) is 17.6 Å². The number of rotatable bonds is 24. The van der Waals surface area contributed by atoms with Gasteiger partial charge >= 0.3 is 5.97 Å². The van der Waals surface area contributed by atoms with Crippen LogP contribution in [0.15, 0.2) is 48.5 Å². The number of aryl methyl sites for hydroxylation is 1. The van der Waals surface area contributed by atoms with Gasteiger partial charge in [0, 0.05) is 2.74 Å². The molecule has 1 N–H and O–H groups in total. The van der Waals surface area contributed by atoms with E-state index in [2.05, 4.69) is 13.8 Å². The number of carbonyl (C=O) groups excluding carboxylic acids is 1. The van der Waals surface area contributed by atoms with Gasteiger partial charge in [0.15, 0.2) is 0 Å². The summed E-state index contributed by atoms with van der Waals surface area (Å²) in [5.41, 5.74) is 2.14. The lowest BCUT2D eigenvalue weighted by Crippen LogP contribution is -2.23. The molecule has 3 heteroatoms. The average Bonchev–Trinajstić information content (AvgIpc) is 2.98. The molecule has 224 valence electrons. The first kappa shape index (κ1) is 30.7. The van der Waals surface area contributed by atoms with Crippen LogP contribution in [0, 0.1) is 5.92 Å². The summed E-state index contributed by atoms with van der Waals surface area (Å²) in [7, 11) is 0. The van der Waals surface area contributed by atoms with Gasteiger partial charge in [0.1, 0.15) is 11.5 Å². The van der Waals surface area contributed by atoms with Crippen LogP contribution in [0.25, 0.3) is 0 Å². The third kappa shape index (κ3) is 15.5. The van der Waals surface area contributed by atoms with Gasteiger partial charge in [-0.05, 0) is 61.1 Å². The van der Waals surface area contributed by atoms with Crippen molar-refractivity contribution in [1.29, 1.82) is 0 Å². The summed E-state index contributed by atoms with van der Waals surface area (Å²) in [5, 5.41) is 10.1. The maximum atomic E-state index is 13.3. The second kappa shape index (κ2) is 22.4. The Labute approximate surface area is 248 Å². The van der Waals surface area contributed by atoms with Crippen LogP contribution in [0.3, 0.4) is 0 Å². The van der Waals surface area contributed by atoms with E-state index >= 15 is 0 Å². The van der Waals surface area contributed by atoms with Crippen LogP contribution >= 0.6 is 0 Å². The maximum absolute atomic E-state index is 13.3. The fraction of sp³-hybridized carbons (Fsp3) is 0.649. The van der Waals surface area contributed by atoms with Crippen LogP contribution in [0.4, 0.5) is 0 Å². The Bertz CT molecular complexity index is 965. The Morgan fingerprint density at radius 2 is 1.32 bits per heavy atom. The van der Waals surface area contributed by atoms with Crippen LogP contribution < -0.4 is 4.74 Å². The van der Waals surface area contributed by atoms with Gasteiger partial charge in [-0.1, -0.05) is 147 Å². The molecule has 0 radical (unpaired) electrons. The number of esters is 1. The van der Waals surface area contributed by atoms with Gasteiger partial charge in [-0.15, -0.1) is 0 Å². The third-order valence-electron chi connectivity index (χ3n) is 7.82. The summed E-state index contributed by atoms with van der Waals surface area (Å²) in [4.78, 5) is 13.3. The molecule has 0 aliphatic rings. The normalized spacial score (nSPS) is 14.2. The van der Waals surface area contributed by atoms with Gasteiger partial charge in [-0.3, -0.25) is 4.79 Å². The highest BCUT2D eigenvalue weighted by molar-refractivity contribution is 5.75. The Hall–Kier alpha value is -2.29. The first-order valence-corrected chi connectivity index (χ1v) is 16.3. The van der Waals surface area contributed by atoms with Crippen LogP contribution in [0.1, 0.15) is 150 Å². The Balaban J connectivity index is 1.81. The summed E-state index contributed by atoms with van der Waals surface area (Å²) in [6.07, 6.45) is 19.8. The second-order valence-electron chi connectivity index (χ2n) is 11.4. The molecule has 0 saturated carbocycles. The first-order chi connectivity index (χ1) is 20.4. The lowest BCUT2D eigenvalue weighted by Gasteiger charge is -2.18. The standard InChI is InChI=1S/C37H58O3/c1-3-5-7-8-9-10-11-12-13-14-15-16-17-18-19-21-25-34(37(39)40-36-26-22-20-23-27-36)30-33-28-29-35(38)31-32(33)24-6-4-2/h20,22-23,26-29,31,34,38H,3-19,21,24-25,30H2,1-2H3/i17T,19T. The minimum absolute atomic E-state index is 0.210. The summed E-state index contributed by atoms with van der Waals surface area (Å²) in [6.45, 7) is 4.41. The second-order valence-corrected chi connectivity index (χ2v) is 11.4. The van der Waals surface area contributed by atoms with Gasteiger partial charge in [0.05, 0.1) is 5.92 Å². The highest BCUT2D eigenvalue weighted by atomic mass is 16.5. The number of phenols is 1. The highest BCUT2D eigenvalue weighted by Crippen LogP contribution is 2.26. The van der Waals surface area contributed by atoms with E-state index < -0.39 is 0 Å². The zero-order valence-corrected chi connectivity index (χ0v) is 25.5. The minimum atomic E-state index is -0.376. The Kier molecular flexibility index (Phi) is 17.2. The molecule has 0 aliphatic carbocycles. The molecule has 0 heterocycles. The molecule has 0 spiro atoms. The van der Waals surface area contributed by atoms with E-state index in [-0.39, 0.29) is 30.4 Å². The molecule has 0 aromatic heterocycles. The van der Waals surface area contributed by atoms with E-state index in [4.69, 9.17) is 7.48 Å². The van der Waals surface area contributed by atoms with Crippen molar-refractivity contribution in [2.45, 2.75) is 149 Å². The summed E-state index contributed by atoms with van der Waals surface area (Å²) >= 11 is 0. The molecule has 2 rings (SSSR count). The van der Waals surface area contributed by atoms with Gasteiger partial charge in [-0.25, -0.2) is 0 Å². The molecule has 0 amide bonds. The van der Waals surface area contributed by atoms with Crippen molar-refractivity contribution in [3.05, 3.63) is 59.7 Å². The molecule has 2 aromatic rings. The number of ether oxygens (including phenoxy) is 1. The zero-order chi connectivity index (χ0) is 30.4. The van der Waals surface area contributed by atoms with E-state index in [1.807, 2.05) is 30.3 Å². The maximum Gasteiger partial charge on any atom is 0.314 e. The number of unbranched alkanes of at least 4 members (excludes halogenated alkanes) is 11. The number of para-hydroxylation sites is 1. The predicted molar refractivity (Wildman–Crippen MR) is 170 cm³/mol. The monoisotopic (exact) mass is 554 g/mol. The van der Waals surface area contributed by atoms with Crippen molar-refractivity contribution in [3.63, 3.8) is 0 Å². The van der Waals surface area contributed by atoms with Gasteiger partial charge in [-0.2, -0.15) is 0 Å². The van der Waals surface area contributed by atoms with Gasteiger partial charge in [0.25, 0.3) is 0 Å². The van der Waals surface area contributed by atoms with Crippen molar-refractivity contribution >= 4 is 5.97 Å². The van der Waals surface area contributed by atoms with Crippen LogP contribution in [0.5, 0.6) is 11.5 Å². The lowest BCUT2D eigenvalue weighted by molar-refractivity contribution is -0.139. The van der Waals surface area contributed by atoms with Crippen molar-refractivity contribution in [1.82, 2.24) is 0 Å². The van der Waals surface area contributed by atoms with E-state index in [1.54, 1.807) is 18.2 Å². The zero-order valence-electron chi connectivity index (χ0n) is 27.5. The summed E-state index contributed by atoms with van der Waals surface area (Å²) < 4.78 is 22.9. The molecule has 0 fully saturated rings. The fourth-order valence-electron chi connectivity index (χ4n) is 5.29. The number of phenolic OH excluding ortho intramolecular Hbond substituents is 1. The quantitative estimate of drug-likeness (QED) is 0.0797. The molecular weight excluding hydrogens is 492 g/mol. The van der Waals surface area contributed by atoms with Crippen molar-refractivity contribution < 1.29 is 17.4 Å². The van der Waals surface area contributed by atoms with Gasteiger partial charge in [0.2, 0.25) is 0 Å². The molecular formula is C37H58O3. The van der Waals surface area contributed by atoms with Gasteiger partial charge < -0.3 is 9.84 Å². The molecule has 0 aliphatic heterocycles. The number of aromatic hydroxyl groups is 1.